The number of fused-ring (bicyclic) bond motifs is 1. The Morgan fingerprint density at radius 1 is 0.909 bits per heavy atom. The smallest absolute Gasteiger partial charge is 0.331 e. The van der Waals surface area contributed by atoms with Crippen molar-refractivity contribution in [1.29, 1.82) is 0 Å². The third-order valence-electron chi connectivity index (χ3n) is 5.03. The topological polar surface area (TPSA) is 64.6 Å². The van der Waals surface area contributed by atoms with E-state index in [-0.39, 0.29) is 19.1 Å². The molecule has 5 nitrogen and oxygen atoms in total. The molecule has 0 fully saturated rings. The zero-order valence-electron chi connectivity index (χ0n) is 18.1. The van der Waals surface area contributed by atoms with Gasteiger partial charge >= 0.3 is 5.97 Å². The predicted octanol–water partition coefficient (Wildman–Crippen LogP) is 5.31. The number of benzene rings is 3. The first-order valence-corrected chi connectivity index (χ1v) is 11.3. The zero-order chi connectivity index (χ0) is 23.0. The summed E-state index contributed by atoms with van der Waals surface area (Å²) in [6.45, 7) is 0.312. The van der Waals surface area contributed by atoms with Crippen molar-refractivity contribution >= 4 is 38.9 Å². The van der Waals surface area contributed by atoms with E-state index in [1.807, 2.05) is 84.9 Å². The molecule has 4 aromatic rings. The van der Waals surface area contributed by atoms with E-state index in [1.165, 1.54) is 17.4 Å². The molecule has 0 radical (unpaired) electrons. The van der Waals surface area contributed by atoms with Gasteiger partial charge in [0.1, 0.15) is 12.4 Å². The molecule has 1 amide bonds. The van der Waals surface area contributed by atoms with Crippen LogP contribution < -0.4 is 10.1 Å². The lowest BCUT2D eigenvalue weighted by atomic mass is 9.97. The normalized spacial score (nSPS) is 11.2. The summed E-state index contributed by atoms with van der Waals surface area (Å²) in [5.41, 5.74) is 2.52. The molecule has 1 heterocycles. The Kier molecular flexibility index (Phi) is 7.17. The van der Waals surface area contributed by atoms with Gasteiger partial charge in [-0.1, -0.05) is 60.7 Å². The largest absolute Gasteiger partial charge is 0.497 e. The van der Waals surface area contributed by atoms with Crippen molar-refractivity contribution in [2.75, 3.05) is 20.3 Å². The molecule has 166 valence electrons. The van der Waals surface area contributed by atoms with E-state index in [0.717, 1.165) is 32.5 Å². The van der Waals surface area contributed by atoms with Gasteiger partial charge in [-0.15, -0.1) is 11.3 Å². The van der Waals surface area contributed by atoms with Gasteiger partial charge in [0.15, 0.2) is 0 Å². The number of ether oxygens (including phenoxy) is 2. The highest BCUT2D eigenvalue weighted by molar-refractivity contribution is 7.20. The average Bonchev–Trinajstić information content (AvgIpc) is 3.30. The first kappa shape index (κ1) is 22.3. The second kappa shape index (κ2) is 10.6. The molecule has 0 aliphatic rings. The van der Waals surface area contributed by atoms with Crippen LogP contribution in [0.4, 0.5) is 0 Å². The average molecular weight is 458 g/mol. The first-order valence-electron chi connectivity index (χ1n) is 10.5. The summed E-state index contributed by atoms with van der Waals surface area (Å²) >= 11 is 1.44. The lowest BCUT2D eigenvalue weighted by Crippen LogP contribution is -2.27. The van der Waals surface area contributed by atoms with Gasteiger partial charge in [0.25, 0.3) is 5.91 Å². The van der Waals surface area contributed by atoms with Crippen molar-refractivity contribution in [2.24, 2.45) is 0 Å². The number of hydrogen-bond acceptors (Lipinski definition) is 5. The van der Waals surface area contributed by atoms with Crippen LogP contribution >= 0.6 is 11.3 Å². The van der Waals surface area contributed by atoms with Crippen LogP contribution in [0.25, 0.3) is 15.7 Å². The second-order valence-electron chi connectivity index (χ2n) is 7.22. The van der Waals surface area contributed by atoms with Crippen molar-refractivity contribution < 1.29 is 19.1 Å². The van der Waals surface area contributed by atoms with Crippen molar-refractivity contribution in [2.45, 2.75) is 0 Å². The van der Waals surface area contributed by atoms with Crippen LogP contribution in [0.15, 0.2) is 91.0 Å². The van der Waals surface area contributed by atoms with Gasteiger partial charge in [0.05, 0.1) is 18.5 Å². The van der Waals surface area contributed by atoms with Gasteiger partial charge in [0.2, 0.25) is 0 Å². The maximum atomic E-state index is 12.5. The van der Waals surface area contributed by atoms with E-state index in [9.17, 15) is 9.59 Å². The minimum absolute atomic E-state index is 0.0800. The summed E-state index contributed by atoms with van der Waals surface area (Å²) in [5, 5.41) is 3.84. The van der Waals surface area contributed by atoms with Crippen LogP contribution in [0.5, 0.6) is 5.75 Å². The number of carbonyl (C=O) groups excluding carboxylic acids is 2. The summed E-state index contributed by atoms with van der Waals surface area (Å²) < 4.78 is 11.6. The Morgan fingerprint density at radius 3 is 2.33 bits per heavy atom. The highest BCUT2D eigenvalue weighted by Gasteiger charge is 2.11. The van der Waals surface area contributed by atoms with Crippen LogP contribution in [0.3, 0.4) is 0 Å². The second-order valence-corrected chi connectivity index (χ2v) is 8.31. The lowest BCUT2D eigenvalue weighted by molar-refractivity contribution is -0.137. The molecule has 0 bridgehead atoms. The number of methoxy groups -OCH3 is 1. The molecular weight excluding hydrogens is 434 g/mol. The van der Waals surface area contributed by atoms with Gasteiger partial charge in [-0.2, -0.15) is 0 Å². The molecule has 0 unspecified atom stereocenters. The summed E-state index contributed by atoms with van der Waals surface area (Å²) in [4.78, 5) is 25.5. The number of amides is 1. The number of carbonyl (C=O) groups is 2. The summed E-state index contributed by atoms with van der Waals surface area (Å²) in [6, 6.07) is 26.8. The standard InChI is InChI=1S/C27H23NO4S/c1-31-22-13-11-20(12-14-22)23(19-7-3-2-4-8-19)18-26(29)32-16-15-28-27(30)25-17-21-9-5-6-10-24(21)33-25/h2-14,17-18H,15-16H2,1H3,(H,28,30)/b23-18+. The number of rotatable bonds is 8. The number of hydrogen-bond donors (Lipinski definition) is 1. The number of esters is 1. The maximum absolute atomic E-state index is 12.5. The Balaban J connectivity index is 1.38. The molecule has 1 N–H and O–H groups in total. The third-order valence-corrected chi connectivity index (χ3v) is 6.14. The van der Waals surface area contributed by atoms with Crippen LogP contribution in [-0.4, -0.2) is 32.1 Å². The number of thiophene rings is 1. The molecular formula is C27H23NO4S. The molecule has 4 rings (SSSR count). The fourth-order valence-electron chi connectivity index (χ4n) is 3.38. The minimum Gasteiger partial charge on any atom is -0.497 e. The molecule has 0 spiro atoms. The van der Waals surface area contributed by atoms with Crippen molar-refractivity contribution in [3.05, 3.63) is 107 Å². The molecule has 0 aliphatic carbocycles. The SMILES string of the molecule is COc1ccc(/C(=C/C(=O)OCCNC(=O)c2cc3ccccc3s2)c2ccccc2)cc1. The van der Waals surface area contributed by atoms with E-state index in [4.69, 9.17) is 9.47 Å². The Hall–Kier alpha value is -3.90. The first-order chi connectivity index (χ1) is 16.1. The van der Waals surface area contributed by atoms with Gasteiger partial charge in [0, 0.05) is 10.8 Å². The quantitative estimate of drug-likeness (QED) is 0.221. The lowest BCUT2D eigenvalue weighted by Gasteiger charge is -2.10. The third kappa shape index (κ3) is 5.67. The zero-order valence-corrected chi connectivity index (χ0v) is 18.9. The van der Waals surface area contributed by atoms with Crippen LogP contribution in [-0.2, 0) is 9.53 Å². The van der Waals surface area contributed by atoms with E-state index >= 15 is 0 Å². The Morgan fingerprint density at radius 2 is 1.61 bits per heavy atom. The summed E-state index contributed by atoms with van der Waals surface area (Å²) in [5.74, 6) is 0.0925. The van der Waals surface area contributed by atoms with E-state index < -0.39 is 5.97 Å². The monoisotopic (exact) mass is 457 g/mol. The number of nitrogens with one attached hydrogen (secondary N) is 1. The van der Waals surface area contributed by atoms with Gasteiger partial charge in [-0.25, -0.2) is 4.79 Å². The summed E-state index contributed by atoms with van der Waals surface area (Å²) in [6.07, 6.45) is 1.48. The van der Waals surface area contributed by atoms with E-state index in [1.54, 1.807) is 7.11 Å². The Bertz CT molecular complexity index is 1240. The fraction of sp³-hybridized carbons (Fsp3) is 0.111. The van der Waals surface area contributed by atoms with Gasteiger partial charge < -0.3 is 14.8 Å². The van der Waals surface area contributed by atoms with Crippen molar-refractivity contribution in [1.82, 2.24) is 5.32 Å². The molecule has 6 heteroatoms. The highest BCUT2D eigenvalue weighted by Crippen LogP contribution is 2.26. The molecule has 0 aliphatic heterocycles. The van der Waals surface area contributed by atoms with E-state index in [2.05, 4.69) is 5.32 Å². The maximum Gasteiger partial charge on any atom is 0.331 e. The van der Waals surface area contributed by atoms with Gasteiger partial charge in [-0.05, 0) is 46.4 Å². The van der Waals surface area contributed by atoms with Crippen LogP contribution in [0.2, 0.25) is 0 Å². The molecule has 0 saturated heterocycles. The molecule has 3 aromatic carbocycles. The van der Waals surface area contributed by atoms with Gasteiger partial charge in [-0.3, -0.25) is 4.79 Å². The molecule has 0 atom stereocenters. The van der Waals surface area contributed by atoms with Crippen molar-refractivity contribution in [3.8, 4) is 5.75 Å². The Labute approximate surface area is 196 Å². The molecule has 1 aromatic heterocycles. The molecule has 33 heavy (non-hydrogen) atoms. The predicted molar refractivity (Wildman–Crippen MR) is 132 cm³/mol. The summed E-state index contributed by atoms with van der Waals surface area (Å²) in [7, 11) is 1.61. The fourth-order valence-corrected chi connectivity index (χ4v) is 4.36. The molecule has 0 saturated carbocycles. The van der Waals surface area contributed by atoms with Crippen LogP contribution in [0, 0.1) is 0 Å². The highest BCUT2D eigenvalue weighted by atomic mass is 32.1. The van der Waals surface area contributed by atoms with Crippen LogP contribution in [0.1, 0.15) is 20.8 Å². The van der Waals surface area contributed by atoms with E-state index in [0.29, 0.717) is 4.88 Å². The van der Waals surface area contributed by atoms with Crippen molar-refractivity contribution in [3.63, 3.8) is 0 Å². The minimum atomic E-state index is -0.471.